The van der Waals surface area contributed by atoms with Crippen LogP contribution in [0.2, 0.25) is 0 Å². The maximum atomic E-state index is 12.6. The van der Waals surface area contributed by atoms with Gasteiger partial charge in [-0.15, -0.1) is 0 Å². The van der Waals surface area contributed by atoms with Crippen LogP contribution in [-0.4, -0.2) is 89.2 Å². The lowest BCUT2D eigenvalue weighted by molar-refractivity contribution is -0.284. The number of primary amides is 1. The number of hydrogen-bond acceptors (Lipinski definition) is 10. The molecule has 6 N–H and O–H groups in total. The van der Waals surface area contributed by atoms with Gasteiger partial charge in [0.15, 0.2) is 6.29 Å². The lowest BCUT2D eigenvalue weighted by Crippen LogP contribution is -2.69. The van der Waals surface area contributed by atoms with Crippen LogP contribution in [0.15, 0.2) is 16.8 Å². The second-order valence-corrected chi connectivity index (χ2v) is 14.1. The number of amides is 2. The Labute approximate surface area is 252 Å². The number of rotatable bonds is 6. The molecule has 12 nitrogen and oxygen atoms in total. The van der Waals surface area contributed by atoms with Crippen molar-refractivity contribution in [3.8, 4) is 0 Å². The molecule has 2 heterocycles. The number of hydrazone groups is 1. The van der Waals surface area contributed by atoms with Gasteiger partial charge >= 0.3 is 12.0 Å². The third-order valence-electron chi connectivity index (χ3n) is 12.4. The minimum atomic E-state index is -1.20. The first kappa shape index (κ1) is 30.9. The number of nitrogens with zero attached hydrogens (tertiary/aromatic N) is 1. The predicted octanol–water partition coefficient (Wildman–Crippen LogP) is 1.89. The Morgan fingerprint density at radius 1 is 1.16 bits per heavy atom. The standard InChI is InChI=1S/C31H47N3O9/c1-17-26(36)23(40-3)13-25(42-17)43-19-4-9-29(16-33-34-27(32)37)21-5-8-28(2)20(18-12-24(35)41-15-18)7-11-31(28,39)22(21)6-10-30(29,38)14-19/h12,16-17,19-23,25-26,36,38-39H,4-11,13-15H2,1-3H3,(H3,32,34,37)/b33-16-/t17-,19-,20+,21+,22+,23+,25+,26-,28-,29+,30-,31+/m1/s1. The van der Waals surface area contributed by atoms with Gasteiger partial charge < -0.3 is 40.0 Å². The summed E-state index contributed by atoms with van der Waals surface area (Å²) in [7, 11) is 1.56. The SMILES string of the molecule is CO[C@H]1C[C@H](O[C@@H]2CC[C@]3(/C=N\NC(N)=O)[C@H]4CC[C@]5(C)[C@H](C6=CC(=O)OC6)CC[C@]5(O)[C@H]4CC[C@@]3(O)C2)O[C@H](C)[C@H]1O. The molecule has 2 aliphatic heterocycles. The van der Waals surface area contributed by atoms with Crippen molar-refractivity contribution in [1.29, 1.82) is 0 Å². The van der Waals surface area contributed by atoms with Gasteiger partial charge in [-0.1, -0.05) is 6.92 Å². The number of methoxy groups -OCH3 is 1. The molecule has 0 bridgehead atoms. The number of fused-ring (bicyclic) bond motifs is 5. The summed E-state index contributed by atoms with van der Waals surface area (Å²) in [6.07, 6.45) is 6.66. The highest BCUT2D eigenvalue weighted by Gasteiger charge is 2.71. The van der Waals surface area contributed by atoms with Gasteiger partial charge in [-0.3, -0.25) is 0 Å². The first-order chi connectivity index (χ1) is 20.4. The fraction of sp³-hybridized carbons (Fsp3) is 0.839. The molecule has 4 saturated carbocycles. The van der Waals surface area contributed by atoms with Crippen molar-refractivity contribution in [3.63, 3.8) is 0 Å². The molecule has 43 heavy (non-hydrogen) atoms. The first-order valence-corrected chi connectivity index (χ1v) is 15.8. The maximum Gasteiger partial charge on any atom is 0.332 e. The predicted molar refractivity (Wildman–Crippen MR) is 153 cm³/mol. The van der Waals surface area contributed by atoms with E-state index in [0.717, 1.165) is 24.8 Å². The highest BCUT2D eigenvalue weighted by atomic mass is 16.7. The quantitative estimate of drug-likeness (QED) is 0.131. The van der Waals surface area contributed by atoms with E-state index in [1.165, 1.54) is 0 Å². The molecule has 12 atom stereocenters. The summed E-state index contributed by atoms with van der Waals surface area (Å²) in [5.41, 5.74) is 5.22. The molecule has 1 saturated heterocycles. The number of cyclic esters (lactones) is 1. The summed E-state index contributed by atoms with van der Waals surface area (Å²) < 4.78 is 23.1. The van der Waals surface area contributed by atoms with E-state index < -0.39 is 52.7 Å². The van der Waals surface area contributed by atoms with Crippen molar-refractivity contribution >= 4 is 18.2 Å². The van der Waals surface area contributed by atoms with E-state index >= 15 is 0 Å². The molecular formula is C31H47N3O9. The van der Waals surface area contributed by atoms with Crippen molar-refractivity contribution in [2.75, 3.05) is 13.7 Å². The first-order valence-electron chi connectivity index (χ1n) is 15.8. The number of carbonyl (C=O) groups excluding carboxylic acids is 2. The van der Waals surface area contributed by atoms with Crippen LogP contribution in [0.4, 0.5) is 4.79 Å². The molecule has 2 amide bonds. The second-order valence-electron chi connectivity index (χ2n) is 14.1. The Kier molecular flexibility index (Phi) is 7.95. The van der Waals surface area contributed by atoms with Gasteiger partial charge in [0.1, 0.15) is 12.7 Å². The van der Waals surface area contributed by atoms with Crippen LogP contribution < -0.4 is 11.2 Å². The Morgan fingerprint density at radius 2 is 1.93 bits per heavy atom. The van der Waals surface area contributed by atoms with Gasteiger partial charge in [0.25, 0.3) is 0 Å². The molecule has 0 aromatic heterocycles. The van der Waals surface area contributed by atoms with Crippen molar-refractivity contribution in [2.24, 2.45) is 39.4 Å². The summed E-state index contributed by atoms with van der Waals surface area (Å²) in [6.45, 7) is 4.23. The molecule has 0 spiro atoms. The van der Waals surface area contributed by atoms with Crippen molar-refractivity contribution in [3.05, 3.63) is 11.6 Å². The molecule has 12 heteroatoms. The Bertz CT molecular complexity index is 1180. The van der Waals surface area contributed by atoms with E-state index in [9.17, 15) is 24.9 Å². The minimum Gasteiger partial charge on any atom is -0.458 e. The fourth-order valence-corrected chi connectivity index (χ4v) is 10.2. The van der Waals surface area contributed by atoms with Crippen LogP contribution in [0, 0.1) is 28.6 Å². The minimum absolute atomic E-state index is 0.0586. The van der Waals surface area contributed by atoms with Gasteiger partial charge in [0.2, 0.25) is 0 Å². The summed E-state index contributed by atoms with van der Waals surface area (Å²) in [6, 6.07) is -0.783. The lowest BCUT2D eigenvalue weighted by atomic mass is 9.41. The molecule has 6 rings (SSSR count). The Hall–Kier alpha value is -2.09. The number of ether oxygens (including phenoxy) is 4. The van der Waals surface area contributed by atoms with E-state index in [1.54, 1.807) is 26.3 Å². The van der Waals surface area contributed by atoms with E-state index in [1.807, 2.05) is 0 Å². The van der Waals surface area contributed by atoms with E-state index in [-0.39, 0.29) is 36.4 Å². The van der Waals surface area contributed by atoms with Gasteiger partial charge in [-0.2, -0.15) is 5.10 Å². The topological polar surface area (TPSA) is 182 Å². The number of aliphatic hydroxyl groups is 3. The smallest absolute Gasteiger partial charge is 0.332 e. The third-order valence-corrected chi connectivity index (χ3v) is 12.4. The summed E-state index contributed by atoms with van der Waals surface area (Å²) >= 11 is 0. The molecule has 240 valence electrons. The average molecular weight is 606 g/mol. The van der Waals surface area contributed by atoms with Gasteiger partial charge in [-0.05, 0) is 81.6 Å². The number of aliphatic hydroxyl groups excluding tert-OH is 1. The average Bonchev–Trinajstić information content (AvgIpc) is 3.50. The third kappa shape index (κ3) is 4.84. The number of nitrogens with two attached hydrogens (primary N) is 1. The summed E-state index contributed by atoms with van der Waals surface area (Å²) in [5, 5.41) is 39.7. The van der Waals surface area contributed by atoms with Crippen LogP contribution in [-0.2, 0) is 23.7 Å². The highest BCUT2D eigenvalue weighted by Crippen LogP contribution is 2.70. The molecule has 6 aliphatic rings. The van der Waals surface area contributed by atoms with Gasteiger partial charge in [0, 0.05) is 43.1 Å². The number of esters is 1. The summed E-state index contributed by atoms with van der Waals surface area (Å²) in [5.74, 6) is -0.442. The zero-order chi connectivity index (χ0) is 30.8. The number of urea groups is 1. The van der Waals surface area contributed by atoms with Crippen LogP contribution in [0.5, 0.6) is 0 Å². The number of hydrogen-bond donors (Lipinski definition) is 5. The second kappa shape index (κ2) is 11.1. The zero-order valence-corrected chi connectivity index (χ0v) is 25.4. The molecular weight excluding hydrogens is 558 g/mol. The van der Waals surface area contributed by atoms with Gasteiger partial charge in [0.05, 0.1) is 29.5 Å². The molecule has 4 aliphatic carbocycles. The fourth-order valence-electron chi connectivity index (χ4n) is 10.2. The lowest BCUT2D eigenvalue weighted by Gasteiger charge is -2.66. The van der Waals surface area contributed by atoms with Gasteiger partial charge in [-0.25, -0.2) is 15.0 Å². The molecule has 0 aromatic rings. The Morgan fingerprint density at radius 3 is 2.63 bits per heavy atom. The zero-order valence-electron chi connectivity index (χ0n) is 25.4. The van der Waals surface area contributed by atoms with E-state index in [2.05, 4.69) is 17.5 Å². The van der Waals surface area contributed by atoms with Crippen molar-refractivity contribution in [2.45, 2.75) is 120 Å². The Balaban J connectivity index is 1.27. The summed E-state index contributed by atoms with van der Waals surface area (Å²) in [4.78, 5) is 23.5. The molecule has 0 aromatic carbocycles. The monoisotopic (exact) mass is 605 g/mol. The number of nitrogens with one attached hydrogen (secondary N) is 1. The van der Waals surface area contributed by atoms with Crippen LogP contribution in [0.1, 0.15) is 78.1 Å². The van der Waals surface area contributed by atoms with Crippen molar-refractivity contribution in [1.82, 2.24) is 5.43 Å². The van der Waals surface area contributed by atoms with Crippen LogP contribution in [0.25, 0.3) is 0 Å². The largest absolute Gasteiger partial charge is 0.458 e. The normalized spacial score (nSPS) is 49.5. The van der Waals surface area contributed by atoms with Crippen LogP contribution >= 0.6 is 0 Å². The van der Waals surface area contributed by atoms with Crippen LogP contribution in [0.3, 0.4) is 0 Å². The van der Waals surface area contributed by atoms with Crippen molar-refractivity contribution < 1.29 is 43.9 Å². The molecule has 0 unspecified atom stereocenters. The highest BCUT2D eigenvalue weighted by molar-refractivity contribution is 5.85. The number of carbonyl (C=O) groups is 2. The van der Waals surface area contributed by atoms with E-state index in [4.69, 9.17) is 24.7 Å². The maximum absolute atomic E-state index is 12.6. The molecule has 0 radical (unpaired) electrons. The molecule has 5 fully saturated rings. The van der Waals surface area contributed by atoms with E-state index in [0.29, 0.717) is 44.9 Å².